The van der Waals surface area contributed by atoms with E-state index in [1.807, 2.05) is 43.3 Å². The molecule has 0 fully saturated rings. The van der Waals surface area contributed by atoms with E-state index in [1.54, 1.807) is 6.92 Å². The highest BCUT2D eigenvalue weighted by Crippen LogP contribution is 2.25. The molecule has 1 heterocycles. The van der Waals surface area contributed by atoms with Crippen LogP contribution in [0.2, 0.25) is 5.02 Å². The van der Waals surface area contributed by atoms with Crippen LogP contribution in [0.3, 0.4) is 0 Å². The molecule has 2 unspecified atom stereocenters. The van der Waals surface area contributed by atoms with E-state index in [9.17, 15) is 4.79 Å². The van der Waals surface area contributed by atoms with Crippen LogP contribution in [0, 0.1) is 0 Å². The summed E-state index contributed by atoms with van der Waals surface area (Å²) in [7, 11) is 0. The van der Waals surface area contributed by atoms with Crippen molar-refractivity contribution in [2.75, 3.05) is 32.9 Å². The van der Waals surface area contributed by atoms with Gasteiger partial charge in [0, 0.05) is 37.2 Å². The summed E-state index contributed by atoms with van der Waals surface area (Å²) < 4.78 is 16.7. The molecular formula is C27H34ClNO4. The molecule has 0 N–H and O–H groups in total. The smallest absolute Gasteiger partial charge is 0.335 e. The number of hydrogen-bond acceptors (Lipinski definition) is 5. The number of carbonyl (C=O) groups is 1. The van der Waals surface area contributed by atoms with Crippen LogP contribution in [0.4, 0.5) is 0 Å². The third-order valence-electron chi connectivity index (χ3n) is 5.83. The van der Waals surface area contributed by atoms with E-state index >= 15 is 0 Å². The highest BCUT2D eigenvalue weighted by Gasteiger charge is 2.21. The first-order chi connectivity index (χ1) is 16.0. The normalized spacial score (nSPS) is 16.1. The molecule has 1 aliphatic heterocycles. The van der Waals surface area contributed by atoms with Crippen molar-refractivity contribution in [2.24, 2.45) is 0 Å². The maximum Gasteiger partial charge on any atom is 0.335 e. The third kappa shape index (κ3) is 7.60. The lowest BCUT2D eigenvalue weighted by molar-refractivity contribution is -0.156. The van der Waals surface area contributed by atoms with Crippen molar-refractivity contribution in [2.45, 2.75) is 45.8 Å². The summed E-state index contributed by atoms with van der Waals surface area (Å²) in [6, 6.07) is 16.2. The summed E-state index contributed by atoms with van der Waals surface area (Å²) in [5.74, 6) is 0.507. The minimum absolute atomic E-state index is 0.304. The van der Waals surface area contributed by atoms with Crippen LogP contribution in [-0.4, -0.2) is 55.9 Å². The van der Waals surface area contributed by atoms with E-state index in [0.29, 0.717) is 32.3 Å². The van der Waals surface area contributed by atoms with E-state index in [1.165, 1.54) is 11.1 Å². The second-order valence-electron chi connectivity index (χ2n) is 8.19. The predicted octanol–water partition coefficient (Wildman–Crippen LogP) is 5.41. The van der Waals surface area contributed by atoms with Crippen LogP contribution in [0.15, 0.2) is 54.6 Å². The molecule has 0 saturated carbocycles. The topological polar surface area (TPSA) is 48.0 Å². The Balaban J connectivity index is 1.48. The number of carbonyl (C=O) groups excluding carboxylic acids is 1. The van der Waals surface area contributed by atoms with Gasteiger partial charge in [-0.05, 0) is 68.2 Å². The maximum atomic E-state index is 12.1. The Kier molecular flexibility index (Phi) is 9.79. The molecule has 2 atom stereocenters. The van der Waals surface area contributed by atoms with Gasteiger partial charge in [0.05, 0.1) is 6.61 Å². The van der Waals surface area contributed by atoms with E-state index < -0.39 is 6.10 Å². The fourth-order valence-electron chi connectivity index (χ4n) is 3.92. The van der Waals surface area contributed by atoms with Gasteiger partial charge in [0.15, 0.2) is 6.10 Å². The Morgan fingerprint density at radius 3 is 2.39 bits per heavy atom. The zero-order valence-electron chi connectivity index (χ0n) is 19.8. The summed E-state index contributed by atoms with van der Waals surface area (Å²) >= 11 is 6.00. The third-order valence-corrected chi connectivity index (χ3v) is 6.08. The Hall–Kier alpha value is -2.34. The van der Waals surface area contributed by atoms with Crippen LogP contribution >= 0.6 is 11.6 Å². The molecular weight excluding hydrogens is 438 g/mol. The molecule has 0 bridgehead atoms. The van der Waals surface area contributed by atoms with Gasteiger partial charge < -0.3 is 14.2 Å². The van der Waals surface area contributed by atoms with Crippen molar-refractivity contribution < 1.29 is 19.0 Å². The molecule has 178 valence electrons. The number of benzene rings is 2. The zero-order valence-corrected chi connectivity index (χ0v) is 20.5. The van der Waals surface area contributed by atoms with Crippen LogP contribution < -0.4 is 4.74 Å². The molecule has 0 aromatic heterocycles. The number of esters is 1. The highest BCUT2D eigenvalue weighted by atomic mass is 35.5. The van der Waals surface area contributed by atoms with Crippen molar-refractivity contribution in [1.29, 1.82) is 0 Å². The van der Waals surface area contributed by atoms with Gasteiger partial charge >= 0.3 is 5.97 Å². The molecule has 6 heteroatoms. The Bertz CT molecular complexity index is 911. The first-order valence-corrected chi connectivity index (χ1v) is 12.1. The van der Waals surface area contributed by atoms with Gasteiger partial charge in [-0.25, -0.2) is 4.79 Å². The molecule has 0 saturated heterocycles. The van der Waals surface area contributed by atoms with E-state index in [-0.39, 0.29) is 5.97 Å². The SMILES string of the molecule is CCOC(=O)C(Cc1ccc(OCC(C)N2CC=C(c3ccc(Cl)cc3)CC2)cc1)OCC. The molecule has 0 aliphatic carbocycles. The minimum atomic E-state index is -0.577. The molecule has 0 spiro atoms. The summed E-state index contributed by atoms with van der Waals surface area (Å²) in [4.78, 5) is 14.5. The van der Waals surface area contributed by atoms with E-state index in [4.69, 9.17) is 25.8 Å². The fraction of sp³-hybridized carbons (Fsp3) is 0.444. The standard InChI is InChI=1S/C27H34ClNO4/c1-4-31-26(27(30)32-5-2)18-21-6-12-25(13-7-21)33-19-20(3)29-16-14-23(15-17-29)22-8-10-24(28)11-9-22/h6-14,20,26H,4-5,15-19H2,1-3H3. The Labute approximate surface area is 202 Å². The molecule has 2 aromatic rings. The first-order valence-electron chi connectivity index (χ1n) is 11.7. The predicted molar refractivity (Wildman–Crippen MR) is 133 cm³/mol. The second-order valence-corrected chi connectivity index (χ2v) is 8.62. The first kappa shape index (κ1) is 25.3. The largest absolute Gasteiger partial charge is 0.492 e. The zero-order chi connectivity index (χ0) is 23.6. The van der Waals surface area contributed by atoms with Crippen LogP contribution in [0.5, 0.6) is 5.75 Å². The average Bonchev–Trinajstić information content (AvgIpc) is 2.84. The van der Waals surface area contributed by atoms with Gasteiger partial charge in [0.2, 0.25) is 0 Å². The average molecular weight is 472 g/mol. The van der Waals surface area contributed by atoms with Gasteiger partial charge in [0.1, 0.15) is 12.4 Å². The van der Waals surface area contributed by atoms with Gasteiger partial charge in [-0.3, -0.25) is 4.90 Å². The van der Waals surface area contributed by atoms with Gasteiger partial charge in [-0.15, -0.1) is 0 Å². The lowest BCUT2D eigenvalue weighted by Gasteiger charge is -2.31. The number of nitrogens with zero attached hydrogens (tertiary/aromatic N) is 1. The minimum Gasteiger partial charge on any atom is -0.492 e. The molecule has 3 rings (SSSR count). The van der Waals surface area contributed by atoms with Crippen molar-refractivity contribution in [1.82, 2.24) is 4.90 Å². The molecule has 5 nitrogen and oxygen atoms in total. The molecule has 1 aliphatic rings. The summed E-state index contributed by atoms with van der Waals surface area (Å²) in [5, 5.41) is 0.767. The van der Waals surface area contributed by atoms with Gasteiger partial charge in [-0.2, -0.15) is 0 Å². The van der Waals surface area contributed by atoms with Crippen LogP contribution in [0.1, 0.15) is 38.3 Å². The lowest BCUT2D eigenvalue weighted by Crippen LogP contribution is -2.40. The Morgan fingerprint density at radius 1 is 1.06 bits per heavy atom. The van der Waals surface area contributed by atoms with Crippen molar-refractivity contribution in [3.05, 3.63) is 70.8 Å². The molecule has 33 heavy (non-hydrogen) atoms. The monoisotopic (exact) mass is 471 g/mol. The van der Waals surface area contributed by atoms with Crippen molar-refractivity contribution in [3.8, 4) is 5.75 Å². The molecule has 2 aromatic carbocycles. The van der Waals surface area contributed by atoms with Crippen LogP contribution in [0.25, 0.3) is 5.57 Å². The number of halogens is 1. The number of ether oxygens (including phenoxy) is 3. The van der Waals surface area contributed by atoms with Crippen LogP contribution in [-0.2, 0) is 20.7 Å². The second kappa shape index (κ2) is 12.8. The molecule has 0 radical (unpaired) electrons. The fourth-order valence-corrected chi connectivity index (χ4v) is 4.04. The van der Waals surface area contributed by atoms with Crippen molar-refractivity contribution in [3.63, 3.8) is 0 Å². The van der Waals surface area contributed by atoms with E-state index in [2.05, 4.69) is 30.0 Å². The van der Waals surface area contributed by atoms with E-state index in [0.717, 1.165) is 35.8 Å². The highest BCUT2D eigenvalue weighted by molar-refractivity contribution is 6.30. The van der Waals surface area contributed by atoms with Gasteiger partial charge in [-0.1, -0.05) is 41.9 Å². The maximum absolute atomic E-state index is 12.1. The number of hydrogen-bond donors (Lipinski definition) is 0. The summed E-state index contributed by atoms with van der Waals surface area (Å²) in [5.41, 5.74) is 3.63. The van der Waals surface area contributed by atoms with Crippen molar-refractivity contribution >= 4 is 23.1 Å². The summed E-state index contributed by atoms with van der Waals surface area (Å²) in [6.45, 7) is 9.22. The molecule has 0 amide bonds. The van der Waals surface area contributed by atoms with Gasteiger partial charge in [0.25, 0.3) is 0 Å². The summed E-state index contributed by atoms with van der Waals surface area (Å²) in [6.07, 6.45) is 3.23. The number of rotatable bonds is 11. The quantitative estimate of drug-likeness (QED) is 0.410. The lowest BCUT2D eigenvalue weighted by atomic mass is 9.99. The Morgan fingerprint density at radius 2 is 1.79 bits per heavy atom.